The molecule has 3 N–H and O–H groups in total. The third kappa shape index (κ3) is 3.56. The van der Waals surface area contributed by atoms with E-state index in [0.717, 1.165) is 18.8 Å². The molecule has 15 heavy (non-hydrogen) atoms. The normalized spacial score (nSPS) is 11.7. The molecule has 0 amide bonds. The van der Waals surface area contributed by atoms with Gasteiger partial charge in [0.15, 0.2) is 0 Å². The minimum absolute atomic E-state index is 0.170. The number of nitrogens with one attached hydrogen (secondary N) is 1. The Hall–Kier alpha value is -1.02. The summed E-state index contributed by atoms with van der Waals surface area (Å²) in [5, 5.41) is 3.46. The highest BCUT2D eigenvalue weighted by atomic mass is 14.9. The monoisotopic (exact) mass is 206 g/mol. The highest BCUT2D eigenvalue weighted by Gasteiger charge is 2.19. The largest absolute Gasteiger partial charge is 0.399 e. The summed E-state index contributed by atoms with van der Waals surface area (Å²) in [7, 11) is 0. The lowest BCUT2D eigenvalue weighted by atomic mass is 9.84. The van der Waals surface area contributed by atoms with Crippen LogP contribution in [0, 0.1) is 0 Å². The van der Waals surface area contributed by atoms with Gasteiger partial charge >= 0.3 is 0 Å². The molecule has 0 aliphatic heterocycles. The molecule has 1 rings (SSSR count). The molecule has 0 aromatic heterocycles. The lowest BCUT2D eigenvalue weighted by molar-refractivity contribution is 0.469. The molecule has 0 bridgehead atoms. The van der Waals surface area contributed by atoms with Crippen LogP contribution in [0.2, 0.25) is 0 Å². The minimum Gasteiger partial charge on any atom is -0.399 e. The van der Waals surface area contributed by atoms with Gasteiger partial charge in [-0.3, -0.25) is 0 Å². The van der Waals surface area contributed by atoms with Gasteiger partial charge in [0.1, 0.15) is 0 Å². The molecule has 0 radical (unpaired) electrons. The summed E-state index contributed by atoms with van der Waals surface area (Å²) < 4.78 is 0. The number of anilines is 1. The molecule has 0 aliphatic carbocycles. The zero-order valence-electron chi connectivity index (χ0n) is 10.0. The summed E-state index contributed by atoms with van der Waals surface area (Å²) in [6.45, 7) is 8.77. The van der Waals surface area contributed by atoms with Crippen molar-refractivity contribution in [2.24, 2.45) is 0 Å². The third-order valence-electron chi connectivity index (χ3n) is 2.69. The van der Waals surface area contributed by atoms with Crippen molar-refractivity contribution in [1.82, 2.24) is 5.32 Å². The Morgan fingerprint density at radius 1 is 1.20 bits per heavy atom. The number of hydrogen-bond acceptors (Lipinski definition) is 2. The van der Waals surface area contributed by atoms with Gasteiger partial charge in [-0.05, 0) is 30.7 Å². The zero-order valence-corrected chi connectivity index (χ0v) is 10.0. The summed E-state index contributed by atoms with van der Waals surface area (Å²) in [4.78, 5) is 0. The fourth-order valence-corrected chi connectivity index (χ4v) is 1.61. The van der Waals surface area contributed by atoms with Crippen molar-refractivity contribution in [3.05, 3.63) is 29.8 Å². The van der Waals surface area contributed by atoms with Crippen LogP contribution in [0.1, 0.15) is 32.8 Å². The molecule has 1 aromatic rings. The highest BCUT2D eigenvalue weighted by molar-refractivity contribution is 5.41. The first kappa shape index (κ1) is 12.1. The van der Waals surface area contributed by atoms with Gasteiger partial charge in [0.05, 0.1) is 0 Å². The molecule has 0 fully saturated rings. The molecule has 0 heterocycles. The van der Waals surface area contributed by atoms with E-state index in [-0.39, 0.29) is 5.41 Å². The van der Waals surface area contributed by atoms with Crippen LogP contribution in [-0.4, -0.2) is 13.1 Å². The Labute approximate surface area is 92.9 Å². The molecule has 0 saturated heterocycles. The van der Waals surface area contributed by atoms with Gasteiger partial charge in [-0.2, -0.15) is 0 Å². The summed E-state index contributed by atoms with van der Waals surface area (Å²) in [5.41, 5.74) is 8.01. The SMILES string of the molecule is CCCNCC(C)(C)c1ccc(N)cc1. The number of nitrogen functional groups attached to an aromatic ring is 1. The number of rotatable bonds is 5. The lowest BCUT2D eigenvalue weighted by Crippen LogP contribution is -2.33. The van der Waals surface area contributed by atoms with Crippen molar-refractivity contribution < 1.29 is 0 Å². The van der Waals surface area contributed by atoms with Gasteiger partial charge in [-0.25, -0.2) is 0 Å². The van der Waals surface area contributed by atoms with Crippen molar-refractivity contribution in [2.45, 2.75) is 32.6 Å². The average molecular weight is 206 g/mol. The maximum Gasteiger partial charge on any atom is 0.0314 e. The fraction of sp³-hybridized carbons (Fsp3) is 0.538. The minimum atomic E-state index is 0.170. The lowest BCUT2D eigenvalue weighted by Gasteiger charge is -2.25. The van der Waals surface area contributed by atoms with E-state index in [1.165, 1.54) is 12.0 Å². The molecule has 84 valence electrons. The summed E-state index contributed by atoms with van der Waals surface area (Å²) in [6.07, 6.45) is 1.18. The maximum atomic E-state index is 5.68. The topological polar surface area (TPSA) is 38.0 Å². The van der Waals surface area contributed by atoms with Crippen LogP contribution in [0.15, 0.2) is 24.3 Å². The molecular formula is C13H22N2. The van der Waals surface area contributed by atoms with E-state index in [0.29, 0.717) is 0 Å². The van der Waals surface area contributed by atoms with Crippen LogP contribution in [0.5, 0.6) is 0 Å². The Morgan fingerprint density at radius 3 is 2.33 bits per heavy atom. The van der Waals surface area contributed by atoms with Crippen molar-refractivity contribution >= 4 is 5.69 Å². The zero-order chi connectivity index (χ0) is 11.3. The van der Waals surface area contributed by atoms with Crippen LogP contribution in [0.3, 0.4) is 0 Å². The molecule has 0 spiro atoms. The first-order valence-electron chi connectivity index (χ1n) is 5.63. The van der Waals surface area contributed by atoms with E-state index in [2.05, 4.69) is 38.2 Å². The standard InChI is InChI=1S/C13H22N2/c1-4-9-15-10-13(2,3)11-5-7-12(14)8-6-11/h5-8,15H,4,9-10,14H2,1-3H3. The summed E-state index contributed by atoms with van der Waals surface area (Å²) in [5.74, 6) is 0. The van der Waals surface area contributed by atoms with Crippen LogP contribution in [0.25, 0.3) is 0 Å². The second kappa shape index (κ2) is 5.17. The predicted octanol–water partition coefficient (Wildman–Crippen LogP) is 2.55. The van der Waals surface area contributed by atoms with Crippen LogP contribution >= 0.6 is 0 Å². The third-order valence-corrected chi connectivity index (χ3v) is 2.69. The summed E-state index contributed by atoms with van der Waals surface area (Å²) in [6, 6.07) is 8.17. The predicted molar refractivity (Wildman–Crippen MR) is 67.0 cm³/mol. The first-order valence-corrected chi connectivity index (χ1v) is 5.63. The Morgan fingerprint density at radius 2 is 1.80 bits per heavy atom. The van der Waals surface area contributed by atoms with Gasteiger partial charge in [0.25, 0.3) is 0 Å². The summed E-state index contributed by atoms with van der Waals surface area (Å²) >= 11 is 0. The van der Waals surface area contributed by atoms with Crippen LogP contribution in [0.4, 0.5) is 5.69 Å². The second-order valence-corrected chi connectivity index (χ2v) is 4.68. The molecule has 2 nitrogen and oxygen atoms in total. The number of hydrogen-bond donors (Lipinski definition) is 2. The van der Waals surface area contributed by atoms with E-state index in [4.69, 9.17) is 5.73 Å². The molecule has 0 saturated carbocycles. The quantitative estimate of drug-likeness (QED) is 0.574. The molecule has 0 unspecified atom stereocenters. The Kier molecular flexibility index (Phi) is 4.15. The maximum absolute atomic E-state index is 5.68. The molecule has 0 aliphatic rings. The van der Waals surface area contributed by atoms with Gasteiger partial charge in [0, 0.05) is 17.6 Å². The number of benzene rings is 1. The van der Waals surface area contributed by atoms with E-state index in [9.17, 15) is 0 Å². The first-order chi connectivity index (χ1) is 7.06. The van der Waals surface area contributed by atoms with Crippen molar-refractivity contribution in [2.75, 3.05) is 18.8 Å². The highest BCUT2D eigenvalue weighted by Crippen LogP contribution is 2.22. The van der Waals surface area contributed by atoms with E-state index >= 15 is 0 Å². The van der Waals surface area contributed by atoms with Gasteiger partial charge in [0.2, 0.25) is 0 Å². The van der Waals surface area contributed by atoms with Crippen molar-refractivity contribution in [3.63, 3.8) is 0 Å². The van der Waals surface area contributed by atoms with Gasteiger partial charge < -0.3 is 11.1 Å². The van der Waals surface area contributed by atoms with Gasteiger partial charge in [-0.1, -0.05) is 32.9 Å². The molecular weight excluding hydrogens is 184 g/mol. The second-order valence-electron chi connectivity index (χ2n) is 4.68. The van der Waals surface area contributed by atoms with Crippen molar-refractivity contribution in [1.29, 1.82) is 0 Å². The average Bonchev–Trinajstić information content (AvgIpc) is 2.18. The van der Waals surface area contributed by atoms with E-state index < -0.39 is 0 Å². The van der Waals surface area contributed by atoms with E-state index in [1.54, 1.807) is 0 Å². The molecule has 2 heteroatoms. The Bertz CT molecular complexity index is 288. The fourth-order valence-electron chi connectivity index (χ4n) is 1.61. The van der Waals surface area contributed by atoms with Gasteiger partial charge in [-0.15, -0.1) is 0 Å². The van der Waals surface area contributed by atoms with Crippen molar-refractivity contribution in [3.8, 4) is 0 Å². The van der Waals surface area contributed by atoms with Crippen LogP contribution < -0.4 is 11.1 Å². The Balaban J connectivity index is 2.63. The van der Waals surface area contributed by atoms with E-state index in [1.807, 2.05) is 12.1 Å². The molecule has 0 atom stereocenters. The molecule has 1 aromatic carbocycles. The van der Waals surface area contributed by atoms with Crippen LogP contribution in [-0.2, 0) is 5.41 Å². The smallest absolute Gasteiger partial charge is 0.0314 e. The number of nitrogens with two attached hydrogens (primary N) is 1.